The summed E-state index contributed by atoms with van der Waals surface area (Å²) in [6, 6.07) is 19.2. The van der Waals surface area contributed by atoms with E-state index < -0.39 is 0 Å². The van der Waals surface area contributed by atoms with Gasteiger partial charge in [0, 0.05) is 10.8 Å². The minimum Gasteiger partial charge on any atom is -0.380 e. The van der Waals surface area contributed by atoms with Crippen LogP contribution in [0.25, 0.3) is 11.1 Å². The Balaban J connectivity index is 1.48. The molecular weight excluding hydrogens is 336 g/mol. The third-order valence-corrected chi connectivity index (χ3v) is 6.56. The Morgan fingerprint density at radius 2 is 1.30 bits per heavy atom. The zero-order chi connectivity index (χ0) is 18.7. The molecule has 0 saturated carbocycles. The van der Waals surface area contributed by atoms with Gasteiger partial charge in [-0.05, 0) is 29.5 Å². The van der Waals surface area contributed by atoms with Gasteiger partial charge in [0.25, 0.3) is 0 Å². The van der Waals surface area contributed by atoms with Crippen molar-refractivity contribution in [3.63, 3.8) is 0 Å². The molecule has 2 aromatic rings. The van der Waals surface area contributed by atoms with Gasteiger partial charge in [-0.2, -0.15) is 0 Å². The van der Waals surface area contributed by atoms with Crippen molar-refractivity contribution in [3.8, 4) is 11.1 Å². The topological polar surface area (TPSA) is 27.7 Å². The molecule has 3 heteroatoms. The van der Waals surface area contributed by atoms with Gasteiger partial charge in [0.15, 0.2) is 0 Å². The summed E-state index contributed by atoms with van der Waals surface area (Å²) in [5.41, 5.74) is 3.99. The summed E-state index contributed by atoms with van der Waals surface area (Å²) in [5, 5.41) is 0. The summed E-state index contributed by atoms with van der Waals surface area (Å²) in [4.78, 5) is 0. The highest BCUT2D eigenvalue weighted by atomic mass is 16.5. The van der Waals surface area contributed by atoms with E-state index in [0.29, 0.717) is 6.61 Å². The van der Waals surface area contributed by atoms with Gasteiger partial charge in [-0.1, -0.05) is 68.4 Å². The molecule has 2 saturated heterocycles. The van der Waals surface area contributed by atoms with Crippen LogP contribution >= 0.6 is 0 Å². The van der Waals surface area contributed by atoms with Crippen molar-refractivity contribution in [3.05, 3.63) is 60.2 Å². The fraction of sp³-hybridized carbons (Fsp3) is 0.500. The van der Waals surface area contributed by atoms with Crippen LogP contribution < -0.4 is 0 Å². The lowest BCUT2D eigenvalue weighted by Gasteiger charge is -2.56. The largest absolute Gasteiger partial charge is 0.380 e. The molecule has 0 unspecified atom stereocenters. The van der Waals surface area contributed by atoms with Crippen LogP contribution in [0.2, 0.25) is 0 Å². The van der Waals surface area contributed by atoms with Crippen LogP contribution in [0.5, 0.6) is 0 Å². The van der Waals surface area contributed by atoms with Crippen LogP contribution in [-0.4, -0.2) is 32.5 Å². The number of hydrogen-bond donors (Lipinski definition) is 0. The van der Waals surface area contributed by atoms with E-state index in [9.17, 15) is 0 Å². The average molecular weight is 367 g/mol. The zero-order valence-electron chi connectivity index (χ0n) is 16.4. The van der Waals surface area contributed by atoms with Gasteiger partial charge in [-0.15, -0.1) is 0 Å². The molecule has 0 amide bonds. The molecule has 3 nitrogen and oxygen atoms in total. The van der Waals surface area contributed by atoms with Gasteiger partial charge >= 0.3 is 0 Å². The maximum atomic E-state index is 6.61. The summed E-state index contributed by atoms with van der Waals surface area (Å²) >= 11 is 0. The summed E-state index contributed by atoms with van der Waals surface area (Å²) < 4.78 is 17.8. The second kappa shape index (κ2) is 7.75. The predicted octanol–water partition coefficient (Wildman–Crippen LogP) is 5.09. The minimum atomic E-state index is 0.143. The van der Waals surface area contributed by atoms with E-state index >= 15 is 0 Å². The molecule has 4 rings (SSSR count). The lowest BCUT2D eigenvalue weighted by molar-refractivity contribution is -0.276. The molecule has 2 heterocycles. The van der Waals surface area contributed by atoms with Crippen LogP contribution in [0.15, 0.2) is 54.6 Å². The molecule has 2 aliphatic heterocycles. The summed E-state index contributed by atoms with van der Waals surface area (Å²) in [6.07, 6.45) is 2.37. The molecule has 2 aromatic carbocycles. The summed E-state index contributed by atoms with van der Waals surface area (Å²) in [7, 11) is 0. The first-order chi connectivity index (χ1) is 13.2. The van der Waals surface area contributed by atoms with Crippen molar-refractivity contribution in [2.75, 3.05) is 26.4 Å². The van der Waals surface area contributed by atoms with Crippen LogP contribution in [0, 0.1) is 10.8 Å². The Morgan fingerprint density at radius 1 is 0.778 bits per heavy atom. The van der Waals surface area contributed by atoms with Crippen molar-refractivity contribution in [1.82, 2.24) is 0 Å². The normalized spacial score (nSPS) is 20.1. The van der Waals surface area contributed by atoms with Crippen molar-refractivity contribution in [2.45, 2.75) is 39.4 Å². The number of hydrogen-bond acceptors (Lipinski definition) is 3. The average Bonchev–Trinajstić information content (AvgIpc) is 2.66. The number of ether oxygens (including phenoxy) is 3. The Hall–Kier alpha value is -1.68. The van der Waals surface area contributed by atoms with Crippen LogP contribution in [-0.2, 0) is 20.8 Å². The van der Waals surface area contributed by atoms with E-state index in [-0.39, 0.29) is 16.9 Å². The molecule has 0 aromatic heterocycles. The molecule has 0 radical (unpaired) electrons. The standard InChI is InChI=1S/C24H30O3/c1-3-23(15-25-16-23)22(24(4-2)17-26-18-24)27-14-19-10-12-21(13-11-19)20-8-6-5-7-9-20/h5-13,22H,3-4,14-18H2,1-2H3. The molecule has 0 bridgehead atoms. The van der Waals surface area contributed by atoms with Crippen molar-refractivity contribution < 1.29 is 14.2 Å². The van der Waals surface area contributed by atoms with E-state index in [1.165, 1.54) is 16.7 Å². The molecule has 0 spiro atoms. The second-order valence-electron chi connectivity index (χ2n) is 8.17. The van der Waals surface area contributed by atoms with Crippen molar-refractivity contribution in [1.29, 1.82) is 0 Å². The van der Waals surface area contributed by atoms with Gasteiger partial charge in [-0.25, -0.2) is 0 Å². The number of rotatable bonds is 8. The number of benzene rings is 2. The van der Waals surface area contributed by atoms with Crippen LogP contribution in [0.4, 0.5) is 0 Å². The van der Waals surface area contributed by atoms with Crippen molar-refractivity contribution >= 4 is 0 Å². The summed E-state index contributed by atoms with van der Waals surface area (Å²) in [5.74, 6) is 0. The molecule has 0 aliphatic carbocycles. The lowest BCUT2D eigenvalue weighted by atomic mass is 9.63. The van der Waals surface area contributed by atoms with Gasteiger partial charge in [0.2, 0.25) is 0 Å². The Morgan fingerprint density at radius 3 is 1.74 bits per heavy atom. The lowest BCUT2D eigenvalue weighted by Crippen LogP contribution is -2.64. The molecule has 0 N–H and O–H groups in total. The molecule has 27 heavy (non-hydrogen) atoms. The first-order valence-corrected chi connectivity index (χ1v) is 10.1. The van der Waals surface area contributed by atoms with E-state index in [2.05, 4.69) is 62.4 Å². The zero-order valence-corrected chi connectivity index (χ0v) is 16.4. The van der Waals surface area contributed by atoms with E-state index in [1.807, 2.05) is 6.07 Å². The maximum absolute atomic E-state index is 6.61. The van der Waals surface area contributed by atoms with Gasteiger partial charge in [-0.3, -0.25) is 0 Å². The first kappa shape index (κ1) is 18.7. The highest BCUT2D eigenvalue weighted by Crippen LogP contribution is 2.49. The van der Waals surface area contributed by atoms with Gasteiger partial charge in [0.1, 0.15) is 0 Å². The van der Waals surface area contributed by atoms with Crippen molar-refractivity contribution in [2.24, 2.45) is 10.8 Å². The van der Waals surface area contributed by atoms with E-state index in [4.69, 9.17) is 14.2 Å². The third-order valence-electron chi connectivity index (χ3n) is 6.56. The Bertz CT molecular complexity index is 697. The SMILES string of the molecule is CCC1(C(OCc2ccc(-c3ccccc3)cc2)C2(CC)COC2)COC1. The molecule has 144 valence electrons. The maximum Gasteiger partial charge on any atom is 0.0780 e. The van der Waals surface area contributed by atoms with Gasteiger partial charge < -0.3 is 14.2 Å². The molecular formula is C24H30O3. The molecule has 2 aliphatic rings. The third kappa shape index (κ3) is 3.44. The van der Waals surface area contributed by atoms with Crippen LogP contribution in [0.3, 0.4) is 0 Å². The second-order valence-corrected chi connectivity index (χ2v) is 8.17. The Labute approximate surface area is 162 Å². The van der Waals surface area contributed by atoms with Gasteiger partial charge in [0.05, 0.1) is 39.1 Å². The highest BCUT2D eigenvalue weighted by molar-refractivity contribution is 5.63. The van der Waals surface area contributed by atoms with E-state index in [0.717, 1.165) is 39.3 Å². The fourth-order valence-electron chi connectivity index (χ4n) is 4.42. The Kier molecular flexibility index (Phi) is 5.36. The molecule has 0 atom stereocenters. The smallest absolute Gasteiger partial charge is 0.0780 e. The monoisotopic (exact) mass is 366 g/mol. The predicted molar refractivity (Wildman–Crippen MR) is 108 cm³/mol. The minimum absolute atomic E-state index is 0.143. The fourth-order valence-corrected chi connectivity index (χ4v) is 4.42. The quantitative estimate of drug-likeness (QED) is 0.651. The van der Waals surface area contributed by atoms with Crippen LogP contribution in [0.1, 0.15) is 32.3 Å². The summed E-state index contributed by atoms with van der Waals surface area (Å²) in [6.45, 7) is 8.40. The highest BCUT2D eigenvalue weighted by Gasteiger charge is 2.57. The molecule has 2 fully saturated rings. The first-order valence-electron chi connectivity index (χ1n) is 10.1. The van der Waals surface area contributed by atoms with E-state index in [1.54, 1.807) is 0 Å².